The molecule has 0 saturated carbocycles. The van der Waals surface area contributed by atoms with E-state index in [0.717, 1.165) is 0 Å². The van der Waals surface area contributed by atoms with Gasteiger partial charge in [-0.15, -0.1) is 69.7 Å². The summed E-state index contributed by atoms with van der Waals surface area (Å²) >= 11 is 0. The van der Waals surface area contributed by atoms with E-state index in [2.05, 4.69) is 85.9 Å². The second-order valence-corrected chi connectivity index (χ2v) is 11.0. The molecule has 2 N–H and O–H groups in total. The summed E-state index contributed by atoms with van der Waals surface area (Å²) in [5.74, 6) is 0. The van der Waals surface area contributed by atoms with Gasteiger partial charge in [0, 0.05) is 0 Å². The molecule has 0 amide bonds. The van der Waals surface area contributed by atoms with Crippen LogP contribution in [0.4, 0.5) is 0 Å². The number of hydrogen-bond donors (Lipinski definition) is 2. The smallest absolute Gasteiger partial charge is 0.483 e. The minimum absolute atomic E-state index is 0. The van der Waals surface area contributed by atoms with E-state index in [1.807, 2.05) is 0 Å². The van der Waals surface area contributed by atoms with Gasteiger partial charge in [-0.2, -0.15) is 22.9 Å². The summed E-state index contributed by atoms with van der Waals surface area (Å²) < 4.78 is 0. The Bertz CT molecular complexity index is 885. The maximum absolute atomic E-state index is 8.36. The van der Waals surface area contributed by atoms with Crippen LogP contribution < -0.4 is 10.4 Å². The van der Waals surface area contributed by atoms with E-state index < -0.39 is 8.07 Å². The van der Waals surface area contributed by atoms with Crippen molar-refractivity contribution in [3.63, 3.8) is 0 Å². The van der Waals surface area contributed by atoms with E-state index in [0.29, 0.717) is 0 Å². The predicted molar refractivity (Wildman–Crippen MR) is 113 cm³/mol. The average Bonchev–Trinajstić information content (AvgIpc) is 3.28. The SMILES string of the molecule is C[Si](C)(c1cc2ccccc2[cH-]1)c1cc2ccccc2[cH-]1.O=CO.O=CO.[Ti+2]. The van der Waals surface area contributed by atoms with Crippen LogP contribution in [-0.4, -0.2) is 31.2 Å². The maximum Gasteiger partial charge on any atom is 2.00 e. The largest absolute Gasteiger partial charge is 2.00 e. The van der Waals surface area contributed by atoms with Crippen molar-refractivity contribution >= 4 is 52.9 Å². The quantitative estimate of drug-likeness (QED) is 0.292. The molecule has 0 fully saturated rings. The van der Waals surface area contributed by atoms with Crippen molar-refractivity contribution in [2.24, 2.45) is 0 Å². The molecule has 0 unspecified atom stereocenters. The molecule has 4 aromatic carbocycles. The summed E-state index contributed by atoms with van der Waals surface area (Å²) in [6.07, 6.45) is 0. The summed E-state index contributed by atoms with van der Waals surface area (Å²) in [4.78, 5) is 16.7. The second kappa shape index (κ2) is 10.8. The van der Waals surface area contributed by atoms with Gasteiger partial charge in [-0.1, -0.05) is 25.2 Å². The summed E-state index contributed by atoms with van der Waals surface area (Å²) in [5.41, 5.74) is 0. The molecule has 0 saturated heterocycles. The summed E-state index contributed by atoms with van der Waals surface area (Å²) in [6.45, 7) is 4.41. The first-order valence-corrected chi connectivity index (χ1v) is 11.5. The van der Waals surface area contributed by atoms with Crippen molar-refractivity contribution in [3.8, 4) is 0 Å². The van der Waals surface area contributed by atoms with Crippen molar-refractivity contribution in [3.05, 3.63) is 72.8 Å². The van der Waals surface area contributed by atoms with Crippen LogP contribution in [-0.2, 0) is 31.3 Å². The van der Waals surface area contributed by atoms with Crippen molar-refractivity contribution in [1.82, 2.24) is 0 Å². The molecule has 4 nitrogen and oxygen atoms in total. The summed E-state index contributed by atoms with van der Waals surface area (Å²) in [5, 5.41) is 22.3. The van der Waals surface area contributed by atoms with Crippen LogP contribution in [0.15, 0.2) is 72.8 Å². The van der Waals surface area contributed by atoms with Gasteiger partial charge in [-0.25, -0.2) is 0 Å². The fraction of sp³-hybridized carbons (Fsp3) is 0.0909. The Morgan fingerprint density at radius 3 is 1.39 bits per heavy atom. The van der Waals surface area contributed by atoms with E-state index in [4.69, 9.17) is 19.8 Å². The van der Waals surface area contributed by atoms with Gasteiger partial charge in [0.2, 0.25) is 0 Å². The maximum atomic E-state index is 8.36. The molecule has 0 aliphatic heterocycles. The number of hydrogen-bond acceptors (Lipinski definition) is 2. The first-order chi connectivity index (χ1) is 13.0. The molecule has 0 aromatic heterocycles. The van der Waals surface area contributed by atoms with Gasteiger partial charge in [0.1, 0.15) is 0 Å². The van der Waals surface area contributed by atoms with Crippen molar-refractivity contribution in [2.45, 2.75) is 13.1 Å². The van der Waals surface area contributed by atoms with Gasteiger partial charge < -0.3 is 10.2 Å². The second-order valence-electron chi connectivity index (χ2n) is 6.58. The van der Waals surface area contributed by atoms with Gasteiger partial charge in [0.25, 0.3) is 12.9 Å². The molecule has 0 radical (unpaired) electrons. The molecule has 142 valence electrons. The van der Waals surface area contributed by atoms with E-state index in [1.54, 1.807) is 0 Å². The fourth-order valence-corrected chi connectivity index (χ4v) is 5.59. The Morgan fingerprint density at radius 1 is 0.750 bits per heavy atom. The molecule has 0 aliphatic rings. The number of benzene rings is 2. The third kappa shape index (κ3) is 5.29. The fourth-order valence-electron chi connectivity index (χ4n) is 3.19. The molecular formula is C22H22O4SiTi. The zero-order chi connectivity index (χ0) is 19.9. The molecular weight excluding hydrogens is 404 g/mol. The normalized spacial score (nSPS) is 10.1. The molecule has 0 bridgehead atoms. The van der Waals surface area contributed by atoms with Crippen LogP contribution in [0.5, 0.6) is 0 Å². The van der Waals surface area contributed by atoms with Gasteiger partial charge in [0.05, 0.1) is 8.07 Å². The van der Waals surface area contributed by atoms with Crippen LogP contribution >= 0.6 is 0 Å². The molecule has 0 heterocycles. The van der Waals surface area contributed by atoms with Crippen molar-refractivity contribution < 1.29 is 41.5 Å². The zero-order valence-electron chi connectivity index (χ0n) is 15.8. The zero-order valence-corrected chi connectivity index (χ0v) is 18.4. The minimum Gasteiger partial charge on any atom is -0.483 e. The molecule has 6 heteroatoms. The third-order valence-corrected chi connectivity index (χ3v) is 8.14. The number of carbonyl (C=O) groups is 2. The summed E-state index contributed by atoms with van der Waals surface area (Å²) in [6, 6.07) is 26.9. The first-order valence-electron chi connectivity index (χ1n) is 8.45. The van der Waals surface area contributed by atoms with Crippen molar-refractivity contribution in [2.75, 3.05) is 0 Å². The monoisotopic (exact) mass is 426 g/mol. The first kappa shape index (κ1) is 23.6. The Balaban J connectivity index is 0.000000502. The number of rotatable bonds is 2. The van der Waals surface area contributed by atoms with E-state index in [1.165, 1.54) is 31.9 Å². The van der Waals surface area contributed by atoms with E-state index in [9.17, 15) is 0 Å². The van der Waals surface area contributed by atoms with Crippen LogP contribution in [0.25, 0.3) is 21.5 Å². The predicted octanol–water partition coefficient (Wildman–Crippen LogP) is 3.65. The molecule has 0 aliphatic carbocycles. The van der Waals surface area contributed by atoms with Crippen LogP contribution in [0, 0.1) is 0 Å². The Hall–Kier alpha value is -2.47. The van der Waals surface area contributed by atoms with Gasteiger partial charge in [0.15, 0.2) is 0 Å². The Kier molecular flexibility index (Phi) is 9.06. The minimum atomic E-state index is -1.62. The standard InChI is InChI=1S/C20H18Si.2CH2O2.Ti/c1-21(2,19-11-15-7-3-4-8-16(15)12-19)20-13-17-9-5-6-10-18(17)14-20;2*2-1-3;/h3-14H,1-2H3;2*1H,(H,2,3);/q-2;;;+2. The molecule has 0 spiro atoms. The summed E-state index contributed by atoms with van der Waals surface area (Å²) in [7, 11) is -1.62. The van der Waals surface area contributed by atoms with E-state index >= 15 is 0 Å². The average molecular weight is 426 g/mol. The molecule has 0 atom stereocenters. The van der Waals surface area contributed by atoms with E-state index in [-0.39, 0.29) is 34.7 Å². The molecule has 4 aromatic rings. The van der Waals surface area contributed by atoms with Gasteiger partial charge >= 0.3 is 21.7 Å². The van der Waals surface area contributed by atoms with Crippen LogP contribution in [0.1, 0.15) is 0 Å². The van der Waals surface area contributed by atoms with Crippen molar-refractivity contribution in [1.29, 1.82) is 0 Å². The topological polar surface area (TPSA) is 74.6 Å². The molecule has 28 heavy (non-hydrogen) atoms. The van der Waals surface area contributed by atoms with Gasteiger partial charge in [-0.05, 0) is 0 Å². The number of carboxylic acid groups (broad SMARTS) is 2. The Morgan fingerprint density at radius 2 is 1.07 bits per heavy atom. The van der Waals surface area contributed by atoms with Gasteiger partial charge in [-0.3, -0.25) is 9.59 Å². The van der Waals surface area contributed by atoms with Crippen LogP contribution in [0.3, 0.4) is 0 Å². The Labute approximate surface area is 180 Å². The molecule has 4 rings (SSSR count). The van der Waals surface area contributed by atoms with Crippen LogP contribution in [0.2, 0.25) is 13.1 Å². The number of fused-ring (bicyclic) bond motifs is 2. The third-order valence-electron chi connectivity index (χ3n) is 4.68.